The van der Waals surface area contributed by atoms with E-state index in [4.69, 9.17) is 4.52 Å². The Balaban J connectivity index is 1.52. The first kappa shape index (κ1) is 16.5. The number of carbonyl (C=O) groups is 2. The number of carbonyl (C=O) groups excluding carboxylic acids is 2. The lowest BCUT2D eigenvalue weighted by atomic mass is 10.0. The van der Waals surface area contributed by atoms with Crippen molar-refractivity contribution in [2.45, 2.75) is 25.2 Å². The van der Waals surface area contributed by atoms with Crippen molar-refractivity contribution in [3.8, 4) is 10.6 Å². The van der Waals surface area contributed by atoms with Crippen molar-refractivity contribution in [2.75, 3.05) is 10.6 Å². The Morgan fingerprint density at radius 3 is 2.54 bits per heavy atom. The quantitative estimate of drug-likeness (QED) is 0.713. The van der Waals surface area contributed by atoms with Crippen molar-refractivity contribution in [1.29, 1.82) is 0 Å². The topological polar surface area (TPSA) is 84.2 Å². The van der Waals surface area contributed by atoms with Crippen LogP contribution in [0.25, 0.3) is 10.6 Å². The van der Waals surface area contributed by atoms with Crippen LogP contribution in [0.15, 0.2) is 52.4 Å². The van der Waals surface area contributed by atoms with Gasteiger partial charge in [-0.3, -0.25) is 9.59 Å². The highest BCUT2D eigenvalue weighted by atomic mass is 32.1. The molecule has 7 heteroatoms. The Morgan fingerprint density at radius 1 is 1.12 bits per heavy atom. The van der Waals surface area contributed by atoms with Crippen LogP contribution in [-0.4, -0.2) is 17.0 Å². The van der Waals surface area contributed by atoms with Crippen LogP contribution in [0.1, 0.15) is 25.5 Å². The molecule has 2 aromatic heterocycles. The van der Waals surface area contributed by atoms with Crippen molar-refractivity contribution >= 4 is 34.5 Å². The summed E-state index contributed by atoms with van der Waals surface area (Å²) in [6.07, 6.45) is 1.47. The predicted octanol–water partition coefficient (Wildman–Crippen LogP) is 4.03. The molecule has 4 rings (SSSR count). The Hall–Kier alpha value is -2.93. The predicted molar refractivity (Wildman–Crippen MR) is 100 cm³/mol. The van der Waals surface area contributed by atoms with Gasteiger partial charge in [-0.15, -0.1) is 11.3 Å². The number of rotatable bonds is 5. The van der Waals surface area contributed by atoms with E-state index < -0.39 is 5.41 Å². The highest BCUT2D eigenvalue weighted by Crippen LogP contribution is 2.49. The number of benzene rings is 1. The zero-order chi connectivity index (χ0) is 18.1. The SMILES string of the molecule is CC(=O)Nc1cccc(NC(=O)C2(c3cc(-c4cccs4)on3)CC2)c1. The van der Waals surface area contributed by atoms with Crippen molar-refractivity contribution in [1.82, 2.24) is 5.16 Å². The van der Waals surface area contributed by atoms with Gasteiger partial charge >= 0.3 is 0 Å². The summed E-state index contributed by atoms with van der Waals surface area (Å²) in [5, 5.41) is 11.7. The number of hydrogen-bond acceptors (Lipinski definition) is 5. The largest absolute Gasteiger partial charge is 0.355 e. The molecule has 1 saturated carbocycles. The maximum Gasteiger partial charge on any atom is 0.236 e. The summed E-state index contributed by atoms with van der Waals surface area (Å²) in [5.41, 5.74) is 1.30. The van der Waals surface area contributed by atoms with Gasteiger partial charge in [-0.2, -0.15) is 0 Å². The Morgan fingerprint density at radius 2 is 1.88 bits per heavy atom. The molecule has 1 aliphatic carbocycles. The lowest BCUT2D eigenvalue weighted by Crippen LogP contribution is -2.28. The number of hydrogen-bond donors (Lipinski definition) is 2. The Kier molecular flexibility index (Phi) is 4.08. The number of nitrogens with one attached hydrogen (secondary N) is 2. The summed E-state index contributed by atoms with van der Waals surface area (Å²) in [6.45, 7) is 1.44. The summed E-state index contributed by atoms with van der Waals surface area (Å²) in [6, 6.07) is 12.8. The first-order valence-corrected chi connectivity index (χ1v) is 9.15. The molecular formula is C19H17N3O3S. The molecule has 0 atom stereocenters. The van der Waals surface area contributed by atoms with E-state index in [9.17, 15) is 9.59 Å². The molecule has 3 aromatic rings. The van der Waals surface area contributed by atoms with Gasteiger partial charge in [0.1, 0.15) is 0 Å². The van der Waals surface area contributed by atoms with Gasteiger partial charge in [0.15, 0.2) is 5.76 Å². The van der Waals surface area contributed by atoms with E-state index >= 15 is 0 Å². The standard InChI is InChI=1S/C19H17N3O3S/c1-12(23)20-13-4-2-5-14(10-13)21-18(24)19(7-8-19)17-11-15(25-22-17)16-6-3-9-26-16/h2-6,9-11H,7-8H2,1H3,(H,20,23)(H,21,24). The minimum Gasteiger partial charge on any atom is -0.355 e. The van der Waals surface area contributed by atoms with E-state index in [0.29, 0.717) is 22.8 Å². The average molecular weight is 367 g/mol. The van der Waals surface area contributed by atoms with Crippen LogP contribution in [0.4, 0.5) is 11.4 Å². The third-order valence-corrected chi connectivity index (χ3v) is 5.27. The van der Waals surface area contributed by atoms with Gasteiger partial charge in [-0.05, 0) is 42.5 Å². The van der Waals surface area contributed by atoms with Gasteiger partial charge in [-0.25, -0.2) is 0 Å². The molecule has 2 N–H and O–H groups in total. The first-order chi connectivity index (χ1) is 12.6. The molecule has 0 saturated heterocycles. The maximum absolute atomic E-state index is 12.8. The molecule has 0 bridgehead atoms. The summed E-state index contributed by atoms with van der Waals surface area (Å²) < 4.78 is 5.43. The summed E-state index contributed by atoms with van der Waals surface area (Å²) >= 11 is 1.57. The number of anilines is 2. The fraction of sp³-hybridized carbons (Fsp3) is 0.211. The summed E-state index contributed by atoms with van der Waals surface area (Å²) in [7, 11) is 0. The zero-order valence-electron chi connectivity index (χ0n) is 14.1. The average Bonchev–Trinajstić information content (AvgIpc) is 3.03. The first-order valence-electron chi connectivity index (χ1n) is 8.27. The van der Waals surface area contributed by atoms with Crippen LogP contribution in [0.2, 0.25) is 0 Å². The van der Waals surface area contributed by atoms with Crippen LogP contribution >= 0.6 is 11.3 Å². The summed E-state index contributed by atoms with van der Waals surface area (Å²) in [4.78, 5) is 25.0. The molecule has 1 aliphatic rings. The Bertz CT molecular complexity index is 958. The molecule has 2 heterocycles. The van der Waals surface area contributed by atoms with Crippen molar-refractivity contribution in [3.63, 3.8) is 0 Å². The maximum atomic E-state index is 12.8. The van der Waals surface area contributed by atoms with E-state index in [1.807, 2.05) is 23.6 Å². The van der Waals surface area contributed by atoms with Gasteiger partial charge in [0.2, 0.25) is 11.8 Å². The molecule has 1 aromatic carbocycles. The van der Waals surface area contributed by atoms with Gasteiger partial charge in [0.05, 0.1) is 16.0 Å². The minimum absolute atomic E-state index is 0.108. The second-order valence-corrected chi connectivity index (χ2v) is 7.30. The molecule has 0 unspecified atom stereocenters. The molecule has 1 fully saturated rings. The van der Waals surface area contributed by atoms with Gasteiger partial charge in [0.25, 0.3) is 0 Å². The van der Waals surface area contributed by atoms with E-state index in [1.165, 1.54) is 6.92 Å². The zero-order valence-corrected chi connectivity index (χ0v) is 14.9. The minimum atomic E-state index is -0.636. The highest BCUT2D eigenvalue weighted by molar-refractivity contribution is 7.13. The van der Waals surface area contributed by atoms with Crippen molar-refractivity contribution < 1.29 is 14.1 Å². The van der Waals surface area contributed by atoms with Crippen molar-refractivity contribution in [3.05, 3.63) is 53.5 Å². The molecule has 6 nitrogen and oxygen atoms in total. The third kappa shape index (κ3) is 3.13. The van der Waals surface area contributed by atoms with Crippen molar-refractivity contribution in [2.24, 2.45) is 0 Å². The molecule has 26 heavy (non-hydrogen) atoms. The van der Waals surface area contributed by atoms with Crippen LogP contribution in [0, 0.1) is 0 Å². The number of thiophene rings is 1. The Labute approximate surface area is 154 Å². The van der Waals surface area contributed by atoms with Crippen LogP contribution in [0.5, 0.6) is 0 Å². The highest BCUT2D eigenvalue weighted by Gasteiger charge is 2.53. The smallest absolute Gasteiger partial charge is 0.236 e. The second kappa shape index (κ2) is 6.42. The lowest BCUT2D eigenvalue weighted by molar-refractivity contribution is -0.118. The van der Waals surface area contributed by atoms with Crippen LogP contribution in [-0.2, 0) is 15.0 Å². The molecule has 132 valence electrons. The summed E-state index contributed by atoms with van der Waals surface area (Å²) in [5.74, 6) is 0.418. The monoisotopic (exact) mass is 367 g/mol. The van der Waals surface area contributed by atoms with Gasteiger partial charge < -0.3 is 15.2 Å². The molecular weight excluding hydrogens is 350 g/mol. The molecule has 0 radical (unpaired) electrons. The fourth-order valence-electron chi connectivity index (χ4n) is 2.89. The molecule has 0 spiro atoms. The number of amides is 2. The van der Waals surface area contributed by atoms with E-state index in [1.54, 1.807) is 35.6 Å². The van der Waals surface area contributed by atoms with E-state index in [2.05, 4.69) is 15.8 Å². The normalized spacial score (nSPS) is 14.7. The van der Waals surface area contributed by atoms with Crippen LogP contribution < -0.4 is 10.6 Å². The number of aromatic nitrogens is 1. The van der Waals surface area contributed by atoms with Gasteiger partial charge in [-0.1, -0.05) is 17.3 Å². The molecule has 0 aliphatic heterocycles. The third-order valence-electron chi connectivity index (χ3n) is 4.39. The van der Waals surface area contributed by atoms with E-state index in [0.717, 1.165) is 17.7 Å². The lowest BCUT2D eigenvalue weighted by Gasteiger charge is -2.13. The van der Waals surface area contributed by atoms with Crippen LogP contribution in [0.3, 0.4) is 0 Å². The van der Waals surface area contributed by atoms with Gasteiger partial charge in [0, 0.05) is 24.4 Å². The molecule has 2 amide bonds. The van der Waals surface area contributed by atoms with E-state index in [-0.39, 0.29) is 11.8 Å². The fourth-order valence-corrected chi connectivity index (χ4v) is 3.56. The second-order valence-electron chi connectivity index (χ2n) is 6.35. The number of nitrogens with zero attached hydrogens (tertiary/aromatic N) is 1.